The summed E-state index contributed by atoms with van der Waals surface area (Å²) in [6.45, 7) is 1.35. The second-order valence-electron chi connectivity index (χ2n) is 5.33. The van der Waals surface area contributed by atoms with E-state index in [1.807, 2.05) is 43.3 Å². The minimum Gasteiger partial charge on any atom is -0.378 e. The topological polar surface area (TPSA) is 58.4 Å². The quantitative estimate of drug-likeness (QED) is 0.822. The van der Waals surface area contributed by atoms with Crippen LogP contribution in [-0.4, -0.2) is 33.1 Å². The van der Waals surface area contributed by atoms with Crippen molar-refractivity contribution in [2.45, 2.75) is 12.8 Å². The molecule has 0 saturated heterocycles. The Kier molecular flexibility index (Phi) is 3.57. The molecule has 1 fully saturated rings. The van der Waals surface area contributed by atoms with Crippen molar-refractivity contribution in [3.63, 3.8) is 0 Å². The van der Waals surface area contributed by atoms with Crippen LogP contribution < -0.4 is 16.0 Å². The average Bonchev–Trinajstić information content (AvgIpc) is 3.17. The molecule has 3 N–H and O–H groups in total. The summed E-state index contributed by atoms with van der Waals surface area (Å²) >= 11 is 0. The summed E-state index contributed by atoms with van der Waals surface area (Å²) in [5.74, 6) is -0.0153. The molecule has 1 amide bonds. The van der Waals surface area contributed by atoms with Gasteiger partial charge in [-0.3, -0.25) is 4.79 Å². The number of benzene rings is 1. The van der Waals surface area contributed by atoms with Crippen molar-refractivity contribution in [2.75, 3.05) is 32.1 Å². The highest BCUT2D eigenvalue weighted by atomic mass is 16.1. The summed E-state index contributed by atoms with van der Waals surface area (Å²) in [7, 11) is 3.93. The van der Waals surface area contributed by atoms with E-state index in [0.717, 1.165) is 18.5 Å². The molecule has 1 saturated carbocycles. The lowest BCUT2D eigenvalue weighted by molar-refractivity contribution is 0.0945. The summed E-state index contributed by atoms with van der Waals surface area (Å²) in [6.07, 6.45) is 2.25. The first-order chi connectivity index (χ1) is 8.56. The van der Waals surface area contributed by atoms with Crippen molar-refractivity contribution in [1.29, 1.82) is 0 Å². The normalized spacial score (nSPS) is 16.2. The zero-order valence-corrected chi connectivity index (χ0v) is 11.1. The molecule has 0 heterocycles. The van der Waals surface area contributed by atoms with Crippen LogP contribution in [0.2, 0.25) is 0 Å². The van der Waals surface area contributed by atoms with E-state index in [9.17, 15) is 4.79 Å². The molecule has 18 heavy (non-hydrogen) atoms. The Morgan fingerprint density at radius 2 is 2.17 bits per heavy atom. The molecule has 0 unspecified atom stereocenters. The molecule has 4 heteroatoms. The molecule has 0 aromatic heterocycles. The van der Waals surface area contributed by atoms with E-state index < -0.39 is 0 Å². The van der Waals surface area contributed by atoms with Gasteiger partial charge in [-0.15, -0.1) is 0 Å². The van der Waals surface area contributed by atoms with Crippen LogP contribution in [0.15, 0.2) is 24.3 Å². The van der Waals surface area contributed by atoms with Crippen LogP contribution >= 0.6 is 0 Å². The lowest BCUT2D eigenvalue weighted by Crippen LogP contribution is -2.33. The summed E-state index contributed by atoms with van der Waals surface area (Å²) < 4.78 is 0. The maximum atomic E-state index is 12.0. The van der Waals surface area contributed by atoms with Gasteiger partial charge in [-0.25, -0.2) is 0 Å². The van der Waals surface area contributed by atoms with E-state index in [1.165, 1.54) is 0 Å². The molecule has 1 aromatic carbocycles. The smallest absolute Gasteiger partial charge is 0.251 e. The van der Waals surface area contributed by atoms with Crippen molar-refractivity contribution in [2.24, 2.45) is 11.1 Å². The van der Waals surface area contributed by atoms with Crippen LogP contribution in [0.1, 0.15) is 23.2 Å². The molecule has 0 radical (unpaired) electrons. The van der Waals surface area contributed by atoms with Crippen molar-refractivity contribution in [3.8, 4) is 0 Å². The van der Waals surface area contributed by atoms with Gasteiger partial charge < -0.3 is 16.0 Å². The molecule has 1 aliphatic carbocycles. The maximum absolute atomic E-state index is 12.0. The fraction of sp³-hybridized carbons (Fsp3) is 0.500. The number of carbonyl (C=O) groups excluding carboxylic acids is 1. The Morgan fingerprint density at radius 1 is 1.44 bits per heavy atom. The van der Waals surface area contributed by atoms with Crippen molar-refractivity contribution >= 4 is 11.6 Å². The van der Waals surface area contributed by atoms with Gasteiger partial charge in [-0.1, -0.05) is 6.07 Å². The van der Waals surface area contributed by atoms with Gasteiger partial charge in [0.1, 0.15) is 0 Å². The third kappa shape index (κ3) is 2.82. The van der Waals surface area contributed by atoms with E-state index in [4.69, 9.17) is 5.73 Å². The lowest BCUT2D eigenvalue weighted by Gasteiger charge is -2.15. The molecule has 0 spiro atoms. The summed E-state index contributed by atoms with van der Waals surface area (Å²) in [4.78, 5) is 14.0. The van der Waals surface area contributed by atoms with Gasteiger partial charge >= 0.3 is 0 Å². The standard InChI is InChI=1S/C14H21N3O/c1-17(2)12-5-3-4-11(8-12)13(18)16-10-14(9-15)6-7-14/h3-5,8H,6-7,9-10,15H2,1-2H3,(H,16,18). The highest BCUT2D eigenvalue weighted by Gasteiger charge is 2.41. The SMILES string of the molecule is CN(C)c1cccc(C(=O)NCC2(CN)CC2)c1. The molecule has 0 atom stereocenters. The van der Waals surface area contributed by atoms with Crippen molar-refractivity contribution in [1.82, 2.24) is 5.32 Å². The van der Waals surface area contributed by atoms with Crippen LogP contribution in [-0.2, 0) is 0 Å². The van der Waals surface area contributed by atoms with Gasteiger partial charge in [0.15, 0.2) is 0 Å². The van der Waals surface area contributed by atoms with E-state index in [-0.39, 0.29) is 11.3 Å². The van der Waals surface area contributed by atoms with E-state index in [1.54, 1.807) is 0 Å². The van der Waals surface area contributed by atoms with E-state index in [2.05, 4.69) is 5.32 Å². The summed E-state index contributed by atoms with van der Waals surface area (Å²) in [5, 5.41) is 2.98. The summed E-state index contributed by atoms with van der Waals surface area (Å²) in [6, 6.07) is 7.63. The predicted octanol–water partition coefficient (Wildman–Crippen LogP) is 1.22. The van der Waals surface area contributed by atoms with Gasteiger partial charge in [0.05, 0.1) is 0 Å². The van der Waals surface area contributed by atoms with Crippen molar-refractivity contribution in [3.05, 3.63) is 29.8 Å². The number of nitrogens with zero attached hydrogens (tertiary/aromatic N) is 1. The van der Waals surface area contributed by atoms with Crippen molar-refractivity contribution < 1.29 is 4.79 Å². The third-order valence-corrected chi connectivity index (χ3v) is 3.64. The van der Waals surface area contributed by atoms with Gasteiger partial charge in [-0.2, -0.15) is 0 Å². The third-order valence-electron chi connectivity index (χ3n) is 3.64. The van der Waals surface area contributed by atoms with Gasteiger partial charge in [0.2, 0.25) is 0 Å². The highest BCUT2D eigenvalue weighted by Crippen LogP contribution is 2.43. The lowest BCUT2D eigenvalue weighted by atomic mass is 10.1. The fourth-order valence-corrected chi connectivity index (χ4v) is 1.93. The number of amides is 1. The largest absolute Gasteiger partial charge is 0.378 e. The fourth-order valence-electron chi connectivity index (χ4n) is 1.93. The van der Waals surface area contributed by atoms with E-state index >= 15 is 0 Å². The Bertz CT molecular complexity index is 438. The minimum atomic E-state index is -0.0153. The van der Waals surface area contributed by atoms with Crippen LogP contribution in [0.5, 0.6) is 0 Å². The number of nitrogens with one attached hydrogen (secondary N) is 1. The first kappa shape index (κ1) is 12.9. The monoisotopic (exact) mass is 247 g/mol. The first-order valence-electron chi connectivity index (χ1n) is 6.32. The second kappa shape index (κ2) is 4.98. The predicted molar refractivity (Wildman–Crippen MR) is 73.8 cm³/mol. The van der Waals surface area contributed by atoms with Crippen LogP contribution in [0.25, 0.3) is 0 Å². The van der Waals surface area contributed by atoms with Gasteiger partial charge in [0.25, 0.3) is 5.91 Å². The molecule has 98 valence electrons. The summed E-state index contributed by atoms with van der Waals surface area (Å²) in [5.41, 5.74) is 7.61. The molecule has 2 rings (SSSR count). The molecule has 1 aliphatic rings. The first-order valence-corrected chi connectivity index (χ1v) is 6.32. The molecule has 4 nitrogen and oxygen atoms in total. The number of rotatable bonds is 5. The Morgan fingerprint density at radius 3 is 2.72 bits per heavy atom. The number of hydrogen-bond acceptors (Lipinski definition) is 3. The van der Waals surface area contributed by atoms with Crippen LogP contribution in [0.3, 0.4) is 0 Å². The second-order valence-corrected chi connectivity index (χ2v) is 5.33. The van der Waals surface area contributed by atoms with E-state index in [0.29, 0.717) is 18.7 Å². The number of hydrogen-bond donors (Lipinski definition) is 2. The molecule has 1 aromatic rings. The number of carbonyl (C=O) groups is 1. The maximum Gasteiger partial charge on any atom is 0.251 e. The van der Waals surface area contributed by atoms with Crippen LogP contribution in [0, 0.1) is 5.41 Å². The van der Waals surface area contributed by atoms with Gasteiger partial charge in [-0.05, 0) is 37.6 Å². The average molecular weight is 247 g/mol. The van der Waals surface area contributed by atoms with Crippen LogP contribution in [0.4, 0.5) is 5.69 Å². The minimum absolute atomic E-state index is 0.0153. The Balaban J connectivity index is 1.98. The Labute approximate surface area is 108 Å². The number of anilines is 1. The molecular formula is C14H21N3O. The molecular weight excluding hydrogens is 226 g/mol. The molecule has 0 aliphatic heterocycles. The zero-order valence-electron chi connectivity index (χ0n) is 11.1. The highest BCUT2D eigenvalue weighted by molar-refractivity contribution is 5.95. The zero-order chi connectivity index (χ0) is 13.2. The number of nitrogens with two attached hydrogens (primary N) is 1. The van der Waals surface area contributed by atoms with Gasteiger partial charge in [0, 0.05) is 37.3 Å². The Hall–Kier alpha value is -1.55. The molecule has 0 bridgehead atoms.